The maximum atomic E-state index is 13.1. The van der Waals surface area contributed by atoms with Crippen molar-refractivity contribution >= 4 is 58.7 Å². The van der Waals surface area contributed by atoms with Crippen LogP contribution in [0.5, 0.6) is 0 Å². The molecule has 1 unspecified atom stereocenters. The van der Waals surface area contributed by atoms with Gasteiger partial charge in [-0.2, -0.15) is 0 Å². The zero-order valence-corrected chi connectivity index (χ0v) is 25.2. The first-order valence-corrected chi connectivity index (χ1v) is 14.4. The van der Waals surface area contributed by atoms with Gasteiger partial charge in [-0.25, -0.2) is 0 Å². The average molecular weight is 615 g/mol. The molecule has 0 spiro atoms. The predicted molar refractivity (Wildman–Crippen MR) is 166 cm³/mol. The molecule has 3 aliphatic rings. The number of hydrogen-bond donors (Lipinski definition) is 3. The Hall–Kier alpha value is -4.95. The molecule has 12 heteroatoms. The molecule has 0 aliphatic carbocycles. The lowest BCUT2D eigenvalue weighted by Crippen LogP contribution is -2.54. The Morgan fingerprint density at radius 1 is 1.11 bits per heavy atom. The van der Waals surface area contributed by atoms with Crippen LogP contribution in [0.4, 0.5) is 11.4 Å². The fourth-order valence-corrected chi connectivity index (χ4v) is 5.16. The summed E-state index contributed by atoms with van der Waals surface area (Å²) in [5, 5.41) is 5.57. The van der Waals surface area contributed by atoms with Crippen LogP contribution in [0.15, 0.2) is 53.2 Å². The highest BCUT2D eigenvalue weighted by Crippen LogP contribution is 2.33. The number of halogens is 1. The summed E-state index contributed by atoms with van der Waals surface area (Å²) in [4.78, 5) is 70.1. The van der Waals surface area contributed by atoms with E-state index in [1.54, 1.807) is 44.2 Å². The van der Waals surface area contributed by atoms with Crippen LogP contribution in [0.2, 0.25) is 5.02 Å². The summed E-state index contributed by atoms with van der Waals surface area (Å²) >= 11 is 6.16. The Morgan fingerprint density at radius 2 is 1.84 bits per heavy atom. The van der Waals surface area contributed by atoms with Crippen molar-refractivity contribution in [3.63, 3.8) is 0 Å². The van der Waals surface area contributed by atoms with Crippen LogP contribution in [0.1, 0.15) is 53.0 Å². The molecule has 5 rings (SSSR count). The first kappa shape index (κ1) is 30.5. The number of nitrogens with two attached hydrogens (primary N) is 1. The van der Waals surface area contributed by atoms with Gasteiger partial charge in [0, 0.05) is 48.3 Å². The molecule has 226 valence electrons. The van der Waals surface area contributed by atoms with Crippen LogP contribution in [-0.4, -0.2) is 65.3 Å². The molecule has 4 N–H and O–H groups in total. The van der Waals surface area contributed by atoms with Gasteiger partial charge in [-0.05, 0) is 63.1 Å². The second-order valence-corrected chi connectivity index (χ2v) is 11.8. The number of benzene rings is 2. The molecule has 3 aliphatic heterocycles. The lowest BCUT2D eigenvalue weighted by molar-refractivity contribution is -0.136. The van der Waals surface area contributed by atoms with E-state index in [-0.39, 0.29) is 35.8 Å². The topological polar surface area (TPSA) is 154 Å². The molecular formula is C32H31ClN6O5. The molecule has 2 aromatic carbocycles. The minimum Gasteiger partial charge on any atom is -0.404 e. The number of carbonyl (C=O) groups is 5. The Morgan fingerprint density at radius 3 is 2.52 bits per heavy atom. The molecule has 44 heavy (non-hydrogen) atoms. The number of allylic oxidation sites excluding steroid dienone is 1. The number of imide groups is 2. The van der Waals surface area contributed by atoms with E-state index in [0.717, 1.165) is 16.2 Å². The molecule has 5 amide bonds. The Kier molecular flexibility index (Phi) is 8.30. The van der Waals surface area contributed by atoms with Gasteiger partial charge in [-0.3, -0.25) is 39.2 Å². The largest absolute Gasteiger partial charge is 0.404 e. The quantitative estimate of drug-likeness (QED) is 0.257. The number of aryl methyl sites for hydroxylation is 1. The smallest absolute Gasteiger partial charge is 0.262 e. The highest BCUT2D eigenvalue weighted by atomic mass is 35.5. The Labute approximate surface area is 259 Å². The van der Waals surface area contributed by atoms with E-state index in [1.165, 1.54) is 12.4 Å². The lowest BCUT2D eigenvalue weighted by atomic mass is 9.98. The van der Waals surface area contributed by atoms with E-state index in [4.69, 9.17) is 17.3 Å². The standard InChI is InChI=1S/C32H31ClN6O5/c1-18-4-7-21(12-25(18)33)36-31(44)32(2,3)35-15-19(14-34)5-6-20-16-38(17-20)22-8-9-23-24(13-22)30(43)39(29(23)42)26-10-11-27(40)37-28(26)41/h4,7-9,12-15,20,26H,10-11,16-17,34H2,1-3H3,(H,36,44)(H,37,40,41). The SMILES string of the molecule is Cc1ccc(NC(=O)C(C)(C)N=CC(C#CC2CN(c3ccc4c(c3)C(=O)N(C3CCC(=O)NC3=O)C4=O)C2)=CN)cc1Cl. The van der Waals surface area contributed by atoms with E-state index < -0.39 is 35.2 Å². The second kappa shape index (κ2) is 12.0. The van der Waals surface area contributed by atoms with Crippen LogP contribution >= 0.6 is 11.6 Å². The van der Waals surface area contributed by atoms with Crippen molar-refractivity contribution in [2.75, 3.05) is 23.3 Å². The Bertz CT molecular complexity index is 1710. The fourth-order valence-electron chi connectivity index (χ4n) is 4.98. The number of nitrogens with one attached hydrogen (secondary N) is 2. The van der Waals surface area contributed by atoms with Crippen LogP contribution in [-0.2, 0) is 14.4 Å². The van der Waals surface area contributed by atoms with Gasteiger partial charge in [-0.1, -0.05) is 29.5 Å². The summed E-state index contributed by atoms with van der Waals surface area (Å²) in [6, 6.07) is 9.28. The zero-order valence-electron chi connectivity index (χ0n) is 24.4. The van der Waals surface area contributed by atoms with E-state index in [9.17, 15) is 24.0 Å². The van der Waals surface area contributed by atoms with E-state index in [0.29, 0.717) is 29.4 Å². The van der Waals surface area contributed by atoms with Gasteiger partial charge in [0.1, 0.15) is 11.6 Å². The molecule has 2 fully saturated rings. The van der Waals surface area contributed by atoms with Crippen molar-refractivity contribution < 1.29 is 24.0 Å². The van der Waals surface area contributed by atoms with Gasteiger partial charge in [0.2, 0.25) is 11.8 Å². The summed E-state index contributed by atoms with van der Waals surface area (Å²) in [7, 11) is 0. The van der Waals surface area contributed by atoms with Crippen molar-refractivity contribution in [1.29, 1.82) is 0 Å². The number of hydrogen-bond acceptors (Lipinski definition) is 8. The van der Waals surface area contributed by atoms with Crippen LogP contribution in [0.3, 0.4) is 0 Å². The third kappa shape index (κ3) is 6.07. The second-order valence-electron chi connectivity index (χ2n) is 11.4. The van der Waals surface area contributed by atoms with Crippen LogP contribution in [0.25, 0.3) is 0 Å². The van der Waals surface area contributed by atoms with Gasteiger partial charge in [-0.15, -0.1) is 0 Å². The van der Waals surface area contributed by atoms with E-state index in [2.05, 4.69) is 27.5 Å². The molecule has 0 radical (unpaired) electrons. The molecule has 0 saturated carbocycles. The van der Waals surface area contributed by atoms with Crippen LogP contribution < -0.4 is 21.3 Å². The summed E-state index contributed by atoms with van der Waals surface area (Å²) in [5.74, 6) is 3.74. The number of nitrogens with zero attached hydrogens (tertiary/aromatic N) is 3. The molecular weight excluding hydrogens is 584 g/mol. The summed E-state index contributed by atoms with van der Waals surface area (Å²) in [6.45, 7) is 6.42. The maximum Gasteiger partial charge on any atom is 0.262 e. The lowest BCUT2D eigenvalue weighted by Gasteiger charge is -2.38. The molecule has 3 heterocycles. The molecule has 0 bridgehead atoms. The molecule has 2 aromatic rings. The van der Waals surface area contributed by atoms with Crippen molar-refractivity contribution in [2.24, 2.45) is 16.6 Å². The minimum absolute atomic E-state index is 0.0199. The highest BCUT2D eigenvalue weighted by molar-refractivity contribution is 6.31. The Balaban J connectivity index is 1.18. The summed E-state index contributed by atoms with van der Waals surface area (Å²) < 4.78 is 0. The van der Waals surface area contributed by atoms with Crippen molar-refractivity contribution in [1.82, 2.24) is 10.2 Å². The third-order valence-electron chi connectivity index (χ3n) is 7.78. The number of amides is 5. The van der Waals surface area contributed by atoms with Gasteiger partial charge in [0.05, 0.1) is 22.6 Å². The van der Waals surface area contributed by atoms with E-state index >= 15 is 0 Å². The van der Waals surface area contributed by atoms with Gasteiger partial charge in [0.15, 0.2) is 0 Å². The van der Waals surface area contributed by atoms with E-state index in [1.807, 2.05) is 17.9 Å². The third-order valence-corrected chi connectivity index (χ3v) is 8.19. The molecule has 0 aromatic heterocycles. The number of aliphatic imine (C=N–C) groups is 1. The van der Waals surface area contributed by atoms with Gasteiger partial charge < -0.3 is 16.0 Å². The molecule has 1 atom stereocenters. The predicted octanol–water partition coefficient (Wildman–Crippen LogP) is 2.82. The van der Waals surface area contributed by atoms with Crippen molar-refractivity contribution in [3.8, 4) is 11.8 Å². The summed E-state index contributed by atoms with van der Waals surface area (Å²) in [6.07, 6.45) is 2.97. The highest BCUT2D eigenvalue weighted by Gasteiger charge is 2.45. The first-order chi connectivity index (χ1) is 20.9. The van der Waals surface area contributed by atoms with Crippen molar-refractivity contribution in [3.05, 3.63) is 69.9 Å². The van der Waals surface area contributed by atoms with Crippen LogP contribution in [0, 0.1) is 24.7 Å². The molecule has 11 nitrogen and oxygen atoms in total. The number of anilines is 2. The number of carbonyl (C=O) groups excluding carboxylic acids is 5. The summed E-state index contributed by atoms with van der Waals surface area (Å²) in [5.41, 5.74) is 7.83. The molecule has 2 saturated heterocycles. The average Bonchev–Trinajstić information content (AvgIpc) is 3.20. The number of piperidine rings is 1. The number of rotatable bonds is 6. The van der Waals surface area contributed by atoms with Crippen molar-refractivity contribution in [2.45, 2.75) is 45.2 Å². The van der Waals surface area contributed by atoms with Gasteiger partial charge in [0.25, 0.3) is 17.7 Å². The normalized spacial score (nSPS) is 19.0. The monoisotopic (exact) mass is 614 g/mol. The van der Waals surface area contributed by atoms with Gasteiger partial charge >= 0.3 is 0 Å². The number of fused-ring (bicyclic) bond motifs is 1. The first-order valence-electron chi connectivity index (χ1n) is 14.0. The minimum atomic E-state index is -1.10. The fraction of sp³-hybridized carbons (Fsp3) is 0.312. The maximum absolute atomic E-state index is 13.1. The zero-order chi connectivity index (χ0) is 31.8.